The van der Waals surface area contributed by atoms with Gasteiger partial charge in [-0.3, -0.25) is 0 Å². The number of benzene rings is 1. The monoisotopic (exact) mass is 288 g/mol. The highest BCUT2D eigenvalue weighted by Gasteiger charge is 2.29. The maximum Gasteiger partial charge on any atom is 0.0646 e. The first-order chi connectivity index (χ1) is 10.1. The predicted octanol–water partition coefficient (Wildman–Crippen LogP) is 4.05. The minimum atomic E-state index is -0.00398. The highest BCUT2D eigenvalue weighted by atomic mass is 16.5. The summed E-state index contributed by atoms with van der Waals surface area (Å²) in [7, 11) is 0. The molecule has 0 amide bonds. The van der Waals surface area contributed by atoms with Crippen molar-refractivity contribution in [3.63, 3.8) is 0 Å². The molecule has 1 atom stereocenters. The van der Waals surface area contributed by atoms with Crippen LogP contribution in [-0.4, -0.2) is 31.3 Å². The third-order valence-corrected chi connectivity index (χ3v) is 4.66. The fourth-order valence-electron chi connectivity index (χ4n) is 3.58. The molecule has 3 heteroatoms. The Morgan fingerprint density at radius 1 is 1.14 bits per heavy atom. The fourth-order valence-corrected chi connectivity index (χ4v) is 3.58. The van der Waals surface area contributed by atoms with E-state index in [0.29, 0.717) is 6.04 Å². The van der Waals surface area contributed by atoms with Crippen molar-refractivity contribution >= 4 is 11.4 Å². The summed E-state index contributed by atoms with van der Waals surface area (Å²) in [5, 5.41) is 3.78. The van der Waals surface area contributed by atoms with Gasteiger partial charge in [0.2, 0.25) is 0 Å². The zero-order valence-corrected chi connectivity index (χ0v) is 13.4. The van der Waals surface area contributed by atoms with Gasteiger partial charge in [0.25, 0.3) is 0 Å². The molecule has 21 heavy (non-hydrogen) atoms. The van der Waals surface area contributed by atoms with E-state index >= 15 is 0 Å². The van der Waals surface area contributed by atoms with Crippen LogP contribution in [0.5, 0.6) is 0 Å². The summed E-state index contributed by atoms with van der Waals surface area (Å²) in [5.41, 5.74) is 2.67. The summed E-state index contributed by atoms with van der Waals surface area (Å²) in [6.45, 7) is 7.63. The summed E-state index contributed by atoms with van der Waals surface area (Å²) in [4.78, 5) is 2.54. The minimum Gasteiger partial charge on any atom is -0.380 e. The van der Waals surface area contributed by atoms with Crippen LogP contribution in [0.4, 0.5) is 11.4 Å². The van der Waals surface area contributed by atoms with Crippen molar-refractivity contribution in [1.82, 2.24) is 0 Å². The van der Waals surface area contributed by atoms with Gasteiger partial charge in [0.1, 0.15) is 0 Å². The molecule has 0 bridgehead atoms. The molecule has 2 saturated heterocycles. The van der Waals surface area contributed by atoms with E-state index in [4.69, 9.17) is 4.74 Å². The van der Waals surface area contributed by atoms with Gasteiger partial charge in [0, 0.05) is 25.7 Å². The Morgan fingerprint density at radius 3 is 2.67 bits per heavy atom. The molecule has 3 nitrogen and oxygen atoms in total. The Morgan fingerprint density at radius 2 is 1.90 bits per heavy atom. The number of nitrogens with zero attached hydrogens (tertiary/aromatic N) is 1. The van der Waals surface area contributed by atoms with E-state index in [1.54, 1.807) is 0 Å². The Kier molecular flexibility index (Phi) is 4.39. The molecule has 0 radical (unpaired) electrons. The van der Waals surface area contributed by atoms with Crippen LogP contribution in [0.25, 0.3) is 0 Å². The lowest BCUT2D eigenvalue weighted by molar-refractivity contribution is -0.0553. The average molecular weight is 288 g/mol. The lowest BCUT2D eigenvalue weighted by Crippen LogP contribution is -2.40. The second-order valence-electron chi connectivity index (χ2n) is 7.01. The molecular formula is C18H28N2O. The maximum atomic E-state index is 5.83. The quantitative estimate of drug-likeness (QED) is 0.908. The van der Waals surface area contributed by atoms with E-state index in [9.17, 15) is 0 Å². The normalized spacial score (nSPS) is 25.6. The van der Waals surface area contributed by atoms with Gasteiger partial charge in [-0.25, -0.2) is 0 Å². The van der Waals surface area contributed by atoms with Crippen molar-refractivity contribution in [2.75, 3.05) is 29.9 Å². The summed E-state index contributed by atoms with van der Waals surface area (Å²) in [6, 6.07) is 9.30. The van der Waals surface area contributed by atoms with Gasteiger partial charge in [-0.2, -0.15) is 0 Å². The van der Waals surface area contributed by atoms with E-state index in [1.807, 2.05) is 0 Å². The first-order valence-corrected chi connectivity index (χ1v) is 8.38. The molecule has 0 saturated carbocycles. The Labute approximate surface area is 128 Å². The molecule has 1 aromatic rings. The average Bonchev–Trinajstić information content (AvgIpc) is 2.48. The predicted molar refractivity (Wildman–Crippen MR) is 89.2 cm³/mol. The van der Waals surface area contributed by atoms with Gasteiger partial charge in [-0.05, 0) is 58.1 Å². The van der Waals surface area contributed by atoms with Crippen molar-refractivity contribution < 1.29 is 4.74 Å². The van der Waals surface area contributed by atoms with Crippen LogP contribution in [-0.2, 0) is 4.74 Å². The number of rotatable bonds is 3. The number of hydrogen-bond donors (Lipinski definition) is 1. The van der Waals surface area contributed by atoms with E-state index < -0.39 is 0 Å². The van der Waals surface area contributed by atoms with Crippen molar-refractivity contribution in [1.29, 1.82) is 0 Å². The van der Waals surface area contributed by atoms with Crippen LogP contribution in [0.3, 0.4) is 0 Å². The van der Waals surface area contributed by atoms with Crippen LogP contribution < -0.4 is 10.2 Å². The topological polar surface area (TPSA) is 24.5 Å². The third-order valence-electron chi connectivity index (χ3n) is 4.66. The molecule has 1 aromatic carbocycles. The number of anilines is 2. The van der Waals surface area contributed by atoms with Crippen LogP contribution in [0.15, 0.2) is 24.3 Å². The van der Waals surface area contributed by atoms with Gasteiger partial charge in [-0.15, -0.1) is 0 Å². The van der Waals surface area contributed by atoms with Gasteiger partial charge in [0.15, 0.2) is 0 Å². The summed E-state index contributed by atoms with van der Waals surface area (Å²) in [6.07, 6.45) is 6.18. The number of nitrogens with one attached hydrogen (secondary N) is 1. The van der Waals surface area contributed by atoms with E-state index in [1.165, 1.54) is 43.7 Å². The fraction of sp³-hybridized carbons (Fsp3) is 0.667. The van der Waals surface area contributed by atoms with Gasteiger partial charge >= 0.3 is 0 Å². The van der Waals surface area contributed by atoms with Crippen molar-refractivity contribution in [2.45, 2.75) is 57.6 Å². The molecular weight excluding hydrogens is 260 g/mol. The first kappa shape index (κ1) is 14.7. The standard InChI is InChI=1S/C18H28N2O/c1-18(2)14-15(10-13-21-18)19-16-8-4-5-9-17(16)20-11-6-3-7-12-20/h4-5,8-9,15,19H,3,6-7,10-14H2,1-2H3. The van der Waals surface area contributed by atoms with Gasteiger partial charge in [-0.1, -0.05) is 12.1 Å². The van der Waals surface area contributed by atoms with Crippen molar-refractivity contribution in [3.8, 4) is 0 Å². The summed E-state index contributed by atoms with van der Waals surface area (Å²) < 4.78 is 5.83. The summed E-state index contributed by atoms with van der Waals surface area (Å²) >= 11 is 0. The lowest BCUT2D eigenvalue weighted by Gasteiger charge is -2.37. The van der Waals surface area contributed by atoms with Gasteiger partial charge < -0.3 is 15.0 Å². The number of para-hydroxylation sites is 2. The van der Waals surface area contributed by atoms with Crippen LogP contribution in [0.2, 0.25) is 0 Å². The highest BCUT2D eigenvalue weighted by Crippen LogP contribution is 2.32. The second-order valence-corrected chi connectivity index (χ2v) is 7.01. The van der Waals surface area contributed by atoms with Gasteiger partial charge in [0.05, 0.1) is 17.0 Å². The molecule has 2 aliphatic rings. The minimum absolute atomic E-state index is 0.00398. The van der Waals surface area contributed by atoms with E-state index in [-0.39, 0.29) is 5.60 Å². The van der Waals surface area contributed by atoms with Crippen LogP contribution in [0.1, 0.15) is 46.0 Å². The SMILES string of the molecule is CC1(C)CC(Nc2ccccc2N2CCCCC2)CCO1. The molecule has 0 aliphatic carbocycles. The molecule has 2 heterocycles. The molecule has 3 rings (SSSR count). The largest absolute Gasteiger partial charge is 0.380 e. The maximum absolute atomic E-state index is 5.83. The van der Waals surface area contributed by atoms with Crippen molar-refractivity contribution in [2.24, 2.45) is 0 Å². The van der Waals surface area contributed by atoms with Crippen molar-refractivity contribution in [3.05, 3.63) is 24.3 Å². The Balaban J connectivity index is 1.73. The summed E-state index contributed by atoms with van der Waals surface area (Å²) in [5.74, 6) is 0. The molecule has 1 unspecified atom stereocenters. The molecule has 0 aromatic heterocycles. The van der Waals surface area contributed by atoms with Crippen LogP contribution in [0, 0.1) is 0 Å². The molecule has 2 fully saturated rings. The molecule has 2 aliphatic heterocycles. The lowest BCUT2D eigenvalue weighted by atomic mass is 9.93. The zero-order chi connectivity index (χ0) is 14.7. The number of ether oxygens (including phenoxy) is 1. The second kappa shape index (κ2) is 6.27. The number of hydrogen-bond acceptors (Lipinski definition) is 3. The number of piperidine rings is 1. The van der Waals surface area contributed by atoms with Crippen LogP contribution >= 0.6 is 0 Å². The molecule has 1 N–H and O–H groups in total. The Hall–Kier alpha value is -1.22. The van der Waals surface area contributed by atoms with E-state index in [2.05, 4.69) is 48.3 Å². The highest BCUT2D eigenvalue weighted by molar-refractivity contribution is 5.70. The molecule has 0 spiro atoms. The molecule has 116 valence electrons. The first-order valence-electron chi connectivity index (χ1n) is 8.38. The zero-order valence-electron chi connectivity index (χ0n) is 13.4. The third kappa shape index (κ3) is 3.70. The Bertz CT molecular complexity index is 466. The smallest absolute Gasteiger partial charge is 0.0646 e. The van der Waals surface area contributed by atoms with E-state index in [0.717, 1.165) is 19.4 Å².